The van der Waals surface area contributed by atoms with Crippen LogP contribution in [0.4, 0.5) is 10.1 Å². The molecular weight excluding hydrogens is 313 g/mol. The van der Waals surface area contributed by atoms with E-state index in [-0.39, 0.29) is 17.5 Å². The molecule has 1 N–H and O–H groups in total. The second-order valence-electron chi connectivity index (χ2n) is 4.25. The number of carbonyl (C=O) groups excluding carboxylic acids is 1. The molecule has 6 heteroatoms. The van der Waals surface area contributed by atoms with Gasteiger partial charge in [-0.3, -0.25) is 9.48 Å². The van der Waals surface area contributed by atoms with Crippen molar-refractivity contribution in [3.63, 3.8) is 0 Å². The van der Waals surface area contributed by atoms with Crippen molar-refractivity contribution in [2.24, 2.45) is 5.92 Å². The molecule has 1 amide bonds. The Labute approximate surface area is 118 Å². The highest BCUT2D eigenvalue weighted by molar-refractivity contribution is 9.10. The van der Waals surface area contributed by atoms with Crippen LogP contribution in [0.15, 0.2) is 41.1 Å². The SMILES string of the molecule is C[C@@H](Cn1cc(Br)cn1)C(=O)Nc1ccccc1F. The third-order valence-electron chi connectivity index (χ3n) is 2.64. The van der Waals surface area contributed by atoms with Crippen LogP contribution in [0.25, 0.3) is 0 Å². The maximum atomic E-state index is 13.4. The highest BCUT2D eigenvalue weighted by Gasteiger charge is 2.15. The minimum atomic E-state index is -0.440. The summed E-state index contributed by atoms with van der Waals surface area (Å²) in [5, 5.41) is 6.65. The molecule has 1 atom stereocenters. The molecule has 0 radical (unpaired) electrons. The van der Waals surface area contributed by atoms with E-state index in [0.29, 0.717) is 6.54 Å². The molecule has 0 saturated carbocycles. The van der Waals surface area contributed by atoms with E-state index in [0.717, 1.165) is 4.47 Å². The Hall–Kier alpha value is -1.69. The van der Waals surface area contributed by atoms with Crippen LogP contribution in [0.1, 0.15) is 6.92 Å². The zero-order valence-electron chi connectivity index (χ0n) is 10.3. The first-order chi connectivity index (χ1) is 9.06. The minimum absolute atomic E-state index is 0.195. The third kappa shape index (κ3) is 3.64. The number of aromatic nitrogens is 2. The van der Waals surface area contributed by atoms with Crippen molar-refractivity contribution in [3.05, 3.63) is 46.9 Å². The molecule has 2 aromatic rings. The van der Waals surface area contributed by atoms with Gasteiger partial charge in [-0.1, -0.05) is 19.1 Å². The molecule has 0 saturated heterocycles. The van der Waals surface area contributed by atoms with Crippen molar-refractivity contribution in [3.8, 4) is 0 Å². The van der Waals surface area contributed by atoms with Crippen molar-refractivity contribution >= 4 is 27.5 Å². The van der Waals surface area contributed by atoms with E-state index in [1.165, 1.54) is 12.1 Å². The molecule has 0 spiro atoms. The summed E-state index contributed by atoms with van der Waals surface area (Å²) in [5.41, 5.74) is 0.195. The predicted octanol–water partition coefficient (Wildman–Crippen LogP) is 3.06. The van der Waals surface area contributed by atoms with Crippen LogP contribution in [0, 0.1) is 11.7 Å². The van der Waals surface area contributed by atoms with Gasteiger partial charge in [0.05, 0.1) is 28.8 Å². The maximum absolute atomic E-state index is 13.4. The molecule has 1 heterocycles. The maximum Gasteiger partial charge on any atom is 0.229 e. The molecule has 100 valence electrons. The number of nitrogens with one attached hydrogen (secondary N) is 1. The first-order valence-electron chi connectivity index (χ1n) is 5.79. The number of para-hydroxylation sites is 1. The zero-order chi connectivity index (χ0) is 13.8. The lowest BCUT2D eigenvalue weighted by atomic mass is 10.1. The fraction of sp³-hybridized carbons (Fsp3) is 0.231. The molecule has 2 rings (SSSR count). The largest absolute Gasteiger partial charge is 0.323 e. The summed E-state index contributed by atoms with van der Waals surface area (Å²) in [7, 11) is 0. The van der Waals surface area contributed by atoms with Gasteiger partial charge in [-0.2, -0.15) is 5.10 Å². The van der Waals surface area contributed by atoms with Gasteiger partial charge in [0.25, 0.3) is 0 Å². The number of amides is 1. The van der Waals surface area contributed by atoms with Gasteiger partial charge in [0.1, 0.15) is 5.82 Å². The molecule has 4 nitrogen and oxygen atoms in total. The van der Waals surface area contributed by atoms with Gasteiger partial charge in [0.15, 0.2) is 0 Å². The molecular formula is C13H13BrFN3O. The molecule has 0 aliphatic carbocycles. The molecule has 19 heavy (non-hydrogen) atoms. The molecule has 0 fully saturated rings. The average Bonchev–Trinajstić information content (AvgIpc) is 2.77. The van der Waals surface area contributed by atoms with Gasteiger partial charge < -0.3 is 5.32 Å². The second kappa shape index (κ2) is 5.97. The van der Waals surface area contributed by atoms with Crippen LogP contribution >= 0.6 is 15.9 Å². The van der Waals surface area contributed by atoms with Crippen LogP contribution in [0.2, 0.25) is 0 Å². The monoisotopic (exact) mass is 325 g/mol. The molecule has 0 bridgehead atoms. The summed E-state index contributed by atoms with van der Waals surface area (Å²) in [5.74, 6) is -0.993. The molecule has 0 aliphatic rings. The number of benzene rings is 1. The quantitative estimate of drug-likeness (QED) is 0.939. The van der Waals surface area contributed by atoms with E-state index in [4.69, 9.17) is 0 Å². The number of anilines is 1. The number of halogens is 2. The summed E-state index contributed by atoms with van der Waals surface area (Å²) >= 11 is 3.29. The topological polar surface area (TPSA) is 46.9 Å². The first-order valence-corrected chi connectivity index (χ1v) is 6.59. The van der Waals surface area contributed by atoms with Gasteiger partial charge in [0.2, 0.25) is 5.91 Å². The van der Waals surface area contributed by atoms with Gasteiger partial charge >= 0.3 is 0 Å². The Balaban J connectivity index is 1.98. The van der Waals surface area contributed by atoms with E-state index in [2.05, 4.69) is 26.3 Å². The second-order valence-corrected chi connectivity index (χ2v) is 5.17. The van der Waals surface area contributed by atoms with E-state index in [1.54, 1.807) is 36.1 Å². The van der Waals surface area contributed by atoms with Crippen molar-refractivity contribution in [2.45, 2.75) is 13.5 Å². The van der Waals surface area contributed by atoms with Gasteiger partial charge in [0, 0.05) is 6.20 Å². The fourth-order valence-electron chi connectivity index (χ4n) is 1.62. The van der Waals surface area contributed by atoms with Crippen LogP contribution in [-0.2, 0) is 11.3 Å². The van der Waals surface area contributed by atoms with Crippen LogP contribution < -0.4 is 5.32 Å². The Morgan fingerprint density at radius 2 is 2.26 bits per heavy atom. The lowest BCUT2D eigenvalue weighted by molar-refractivity contribution is -0.119. The van der Waals surface area contributed by atoms with E-state index >= 15 is 0 Å². The lowest BCUT2D eigenvalue weighted by Crippen LogP contribution is -2.25. The highest BCUT2D eigenvalue weighted by Crippen LogP contribution is 2.14. The van der Waals surface area contributed by atoms with Gasteiger partial charge in [-0.05, 0) is 28.1 Å². The number of rotatable bonds is 4. The van der Waals surface area contributed by atoms with Crippen molar-refractivity contribution in [1.82, 2.24) is 9.78 Å². The smallest absolute Gasteiger partial charge is 0.229 e. The summed E-state index contributed by atoms with van der Waals surface area (Å²) in [6, 6.07) is 6.10. The van der Waals surface area contributed by atoms with Crippen LogP contribution in [0.3, 0.4) is 0 Å². The number of hydrogen-bond donors (Lipinski definition) is 1. The van der Waals surface area contributed by atoms with Crippen LogP contribution in [0.5, 0.6) is 0 Å². The standard InChI is InChI=1S/C13H13BrFN3O/c1-9(7-18-8-10(14)6-16-18)13(19)17-12-5-3-2-4-11(12)15/h2-6,8-9H,7H2,1H3,(H,17,19)/t9-/m0/s1. The molecule has 1 aromatic carbocycles. The van der Waals surface area contributed by atoms with Crippen molar-refractivity contribution in [2.75, 3.05) is 5.32 Å². The van der Waals surface area contributed by atoms with E-state index in [1.807, 2.05) is 0 Å². The van der Waals surface area contributed by atoms with E-state index < -0.39 is 5.82 Å². The van der Waals surface area contributed by atoms with E-state index in [9.17, 15) is 9.18 Å². The Morgan fingerprint density at radius 1 is 1.53 bits per heavy atom. The number of hydrogen-bond acceptors (Lipinski definition) is 2. The van der Waals surface area contributed by atoms with Crippen molar-refractivity contribution < 1.29 is 9.18 Å². The Bertz CT molecular complexity index is 585. The Morgan fingerprint density at radius 3 is 2.89 bits per heavy atom. The molecule has 0 unspecified atom stereocenters. The number of carbonyl (C=O) groups is 1. The molecule has 1 aromatic heterocycles. The fourth-order valence-corrected chi connectivity index (χ4v) is 1.95. The third-order valence-corrected chi connectivity index (χ3v) is 3.05. The summed E-state index contributed by atoms with van der Waals surface area (Å²) in [6.45, 7) is 2.21. The first kappa shape index (κ1) is 13.7. The Kier molecular flexibility index (Phi) is 4.31. The minimum Gasteiger partial charge on any atom is -0.323 e. The predicted molar refractivity (Wildman–Crippen MR) is 74.1 cm³/mol. The highest BCUT2D eigenvalue weighted by atomic mass is 79.9. The summed E-state index contributed by atoms with van der Waals surface area (Å²) in [4.78, 5) is 11.9. The van der Waals surface area contributed by atoms with Crippen molar-refractivity contribution in [1.29, 1.82) is 0 Å². The van der Waals surface area contributed by atoms with Gasteiger partial charge in [-0.25, -0.2) is 4.39 Å². The average molecular weight is 326 g/mol. The summed E-state index contributed by atoms with van der Waals surface area (Å²) < 4.78 is 15.9. The normalized spacial score (nSPS) is 12.2. The zero-order valence-corrected chi connectivity index (χ0v) is 11.9. The van der Waals surface area contributed by atoms with Gasteiger partial charge in [-0.15, -0.1) is 0 Å². The summed E-state index contributed by atoms with van der Waals surface area (Å²) in [6.07, 6.45) is 3.44. The molecule has 0 aliphatic heterocycles. The number of nitrogens with zero attached hydrogens (tertiary/aromatic N) is 2. The van der Waals surface area contributed by atoms with Crippen LogP contribution in [-0.4, -0.2) is 15.7 Å². The lowest BCUT2D eigenvalue weighted by Gasteiger charge is -2.12.